The first-order valence-corrected chi connectivity index (χ1v) is 9.58. The molecule has 1 heterocycles. The molecular weight excluding hydrogens is 342 g/mol. The van der Waals surface area contributed by atoms with Crippen molar-refractivity contribution >= 4 is 5.96 Å². The minimum absolute atomic E-state index is 0.481. The van der Waals surface area contributed by atoms with Crippen molar-refractivity contribution in [2.45, 2.75) is 19.5 Å². The molecule has 1 atom stereocenters. The Bertz CT molecular complexity index is 608. The van der Waals surface area contributed by atoms with Crippen LogP contribution in [-0.2, 0) is 11.3 Å². The Balaban J connectivity index is 1.88. The van der Waals surface area contributed by atoms with Crippen LogP contribution in [-0.4, -0.2) is 89.4 Å². The van der Waals surface area contributed by atoms with Crippen LogP contribution in [0.5, 0.6) is 5.75 Å². The summed E-state index contributed by atoms with van der Waals surface area (Å²) in [5, 5.41) is 6.85. The van der Waals surface area contributed by atoms with E-state index in [1.54, 1.807) is 14.2 Å². The first-order chi connectivity index (χ1) is 13.0. The number of aryl methyl sites for hydroxylation is 1. The van der Waals surface area contributed by atoms with Crippen LogP contribution in [0.3, 0.4) is 0 Å². The highest BCUT2D eigenvalue weighted by atomic mass is 16.5. The SMILES string of the molecule is CN=C(NCc1ccc(C)cc1OCCOC)NCC1CN(C)CCN1C. The highest BCUT2D eigenvalue weighted by molar-refractivity contribution is 5.79. The first-order valence-electron chi connectivity index (χ1n) is 9.58. The maximum Gasteiger partial charge on any atom is 0.191 e. The summed E-state index contributed by atoms with van der Waals surface area (Å²) < 4.78 is 10.9. The Morgan fingerprint density at radius 3 is 2.78 bits per heavy atom. The molecule has 7 heteroatoms. The molecule has 7 nitrogen and oxygen atoms in total. The third-order valence-corrected chi connectivity index (χ3v) is 4.92. The molecule has 2 rings (SSSR count). The predicted molar refractivity (Wildman–Crippen MR) is 111 cm³/mol. The smallest absolute Gasteiger partial charge is 0.191 e. The lowest BCUT2D eigenvalue weighted by atomic mass is 10.1. The van der Waals surface area contributed by atoms with Crippen molar-refractivity contribution < 1.29 is 9.47 Å². The van der Waals surface area contributed by atoms with Crippen molar-refractivity contribution in [3.63, 3.8) is 0 Å². The second-order valence-corrected chi connectivity index (χ2v) is 7.16. The van der Waals surface area contributed by atoms with Gasteiger partial charge in [-0.15, -0.1) is 0 Å². The molecule has 1 aromatic rings. The van der Waals surface area contributed by atoms with E-state index in [1.807, 2.05) is 0 Å². The van der Waals surface area contributed by atoms with Crippen molar-refractivity contribution in [1.29, 1.82) is 0 Å². The monoisotopic (exact) mass is 377 g/mol. The van der Waals surface area contributed by atoms with E-state index in [0.717, 1.165) is 43.5 Å². The summed E-state index contributed by atoms with van der Waals surface area (Å²) in [6.07, 6.45) is 0. The van der Waals surface area contributed by atoms with E-state index in [1.165, 1.54) is 5.56 Å². The number of rotatable bonds is 8. The van der Waals surface area contributed by atoms with Crippen molar-refractivity contribution in [1.82, 2.24) is 20.4 Å². The van der Waals surface area contributed by atoms with Gasteiger partial charge in [-0.25, -0.2) is 0 Å². The third kappa shape index (κ3) is 7.01. The van der Waals surface area contributed by atoms with Gasteiger partial charge in [0.2, 0.25) is 0 Å². The topological polar surface area (TPSA) is 61.4 Å². The van der Waals surface area contributed by atoms with Gasteiger partial charge >= 0.3 is 0 Å². The fraction of sp³-hybridized carbons (Fsp3) is 0.650. The van der Waals surface area contributed by atoms with E-state index < -0.39 is 0 Å². The third-order valence-electron chi connectivity index (χ3n) is 4.92. The lowest BCUT2D eigenvalue weighted by Gasteiger charge is -2.37. The van der Waals surface area contributed by atoms with Crippen LogP contribution in [0, 0.1) is 6.92 Å². The molecule has 0 aliphatic carbocycles. The number of hydrogen-bond acceptors (Lipinski definition) is 5. The van der Waals surface area contributed by atoms with E-state index in [-0.39, 0.29) is 0 Å². The van der Waals surface area contributed by atoms with Gasteiger partial charge in [0, 0.05) is 58.5 Å². The summed E-state index contributed by atoms with van der Waals surface area (Å²) in [5.41, 5.74) is 2.28. The fourth-order valence-corrected chi connectivity index (χ4v) is 3.11. The van der Waals surface area contributed by atoms with Crippen molar-refractivity contribution in [3.05, 3.63) is 29.3 Å². The summed E-state index contributed by atoms with van der Waals surface area (Å²) in [5.74, 6) is 1.70. The van der Waals surface area contributed by atoms with Gasteiger partial charge in [-0.1, -0.05) is 12.1 Å². The number of nitrogens with zero attached hydrogens (tertiary/aromatic N) is 3. The summed E-state index contributed by atoms with van der Waals surface area (Å²) in [7, 11) is 7.84. The van der Waals surface area contributed by atoms with E-state index in [0.29, 0.717) is 25.8 Å². The summed E-state index contributed by atoms with van der Waals surface area (Å²) in [6, 6.07) is 6.75. The molecule has 1 fully saturated rings. The Labute approximate surface area is 163 Å². The Morgan fingerprint density at radius 1 is 1.22 bits per heavy atom. The number of ether oxygens (including phenoxy) is 2. The second-order valence-electron chi connectivity index (χ2n) is 7.16. The molecule has 0 amide bonds. The fourth-order valence-electron chi connectivity index (χ4n) is 3.11. The van der Waals surface area contributed by atoms with Crippen LogP contribution < -0.4 is 15.4 Å². The number of likely N-dealkylation sites (N-methyl/N-ethyl adjacent to an activating group) is 2. The zero-order valence-corrected chi connectivity index (χ0v) is 17.4. The Kier molecular flexibility index (Phi) is 8.84. The molecule has 1 aromatic carbocycles. The molecule has 152 valence electrons. The standard InChI is InChI=1S/C20H35N5O2/c1-16-6-7-17(19(12-16)27-11-10-26-5)13-22-20(21-2)23-14-18-15-24(3)8-9-25(18)4/h6-7,12,18H,8-11,13-15H2,1-5H3,(H2,21,22,23). The molecule has 0 saturated carbocycles. The normalized spacial score (nSPS) is 19.1. The number of nitrogens with one attached hydrogen (secondary N) is 2. The second kappa shape index (κ2) is 11.1. The maximum absolute atomic E-state index is 5.87. The molecule has 0 aromatic heterocycles. The van der Waals surface area contributed by atoms with Crippen molar-refractivity contribution in [2.24, 2.45) is 4.99 Å². The minimum Gasteiger partial charge on any atom is -0.491 e. The van der Waals surface area contributed by atoms with Gasteiger partial charge in [0.25, 0.3) is 0 Å². The van der Waals surface area contributed by atoms with Gasteiger partial charge in [-0.2, -0.15) is 0 Å². The van der Waals surface area contributed by atoms with E-state index >= 15 is 0 Å². The molecule has 27 heavy (non-hydrogen) atoms. The van der Waals surface area contributed by atoms with E-state index in [9.17, 15) is 0 Å². The molecule has 1 unspecified atom stereocenters. The quantitative estimate of drug-likeness (QED) is 0.399. The van der Waals surface area contributed by atoms with Crippen LogP contribution in [0.4, 0.5) is 0 Å². The maximum atomic E-state index is 5.87. The summed E-state index contributed by atoms with van der Waals surface area (Å²) in [6.45, 7) is 8.00. The molecule has 2 N–H and O–H groups in total. The molecule has 1 aliphatic heterocycles. The summed E-state index contributed by atoms with van der Waals surface area (Å²) >= 11 is 0. The van der Waals surface area contributed by atoms with Gasteiger partial charge in [0.05, 0.1) is 6.61 Å². The number of piperazine rings is 1. The van der Waals surface area contributed by atoms with E-state index in [2.05, 4.69) is 64.6 Å². The Morgan fingerprint density at radius 2 is 2.04 bits per heavy atom. The molecule has 0 bridgehead atoms. The molecule has 1 aliphatic rings. The van der Waals surface area contributed by atoms with Gasteiger partial charge in [-0.3, -0.25) is 9.89 Å². The van der Waals surface area contributed by atoms with Gasteiger partial charge < -0.3 is 25.0 Å². The average Bonchev–Trinajstić information content (AvgIpc) is 2.66. The highest BCUT2D eigenvalue weighted by Gasteiger charge is 2.22. The van der Waals surface area contributed by atoms with Crippen LogP contribution >= 0.6 is 0 Å². The Hall–Kier alpha value is -1.83. The van der Waals surface area contributed by atoms with E-state index in [4.69, 9.17) is 9.47 Å². The minimum atomic E-state index is 0.481. The number of methoxy groups -OCH3 is 1. The number of hydrogen-bond donors (Lipinski definition) is 2. The molecule has 1 saturated heterocycles. The molecule has 0 spiro atoms. The van der Waals surface area contributed by atoms with Crippen molar-refractivity contribution in [3.8, 4) is 5.75 Å². The highest BCUT2D eigenvalue weighted by Crippen LogP contribution is 2.20. The molecule has 0 radical (unpaired) electrons. The van der Waals surface area contributed by atoms with Gasteiger partial charge in [0.1, 0.15) is 12.4 Å². The van der Waals surface area contributed by atoms with Crippen LogP contribution in [0.1, 0.15) is 11.1 Å². The summed E-state index contributed by atoms with van der Waals surface area (Å²) in [4.78, 5) is 9.13. The zero-order valence-electron chi connectivity index (χ0n) is 17.4. The number of aliphatic imine (C=N–C) groups is 1. The van der Waals surface area contributed by atoms with Gasteiger partial charge in [0.15, 0.2) is 5.96 Å². The van der Waals surface area contributed by atoms with Crippen molar-refractivity contribution in [2.75, 3.05) is 67.6 Å². The first kappa shape index (κ1) is 21.5. The predicted octanol–water partition coefficient (Wildman–Crippen LogP) is 0.931. The largest absolute Gasteiger partial charge is 0.491 e. The molecular formula is C20H35N5O2. The van der Waals surface area contributed by atoms with Crippen LogP contribution in [0.25, 0.3) is 0 Å². The number of guanidine groups is 1. The average molecular weight is 378 g/mol. The van der Waals surface area contributed by atoms with Crippen LogP contribution in [0.15, 0.2) is 23.2 Å². The lowest BCUT2D eigenvalue weighted by molar-refractivity contribution is 0.116. The zero-order chi connectivity index (χ0) is 19.6. The van der Waals surface area contributed by atoms with Crippen LogP contribution in [0.2, 0.25) is 0 Å². The van der Waals surface area contributed by atoms with Gasteiger partial charge in [-0.05, 0) is 32.6 Å². The number of benzene rings is 1. The lowest BCUT2D eigenvalue weighted by Crippen LogP contribution is -2.55.